The van der Waals surface area contributed by atoms with Gasteiger partial charge in [0.05, 0.1) is 19.6 Å². The fraction of sp³-hybridized carbons (Fsp3) is 0.500. The Labute approximate surface area is 495 Å². The lowest BCUT2D eigenvalue weighted by atomic mass is 9.92. The number of aromatic amines is 1. The SMILES string of the molecule is CCCC[C@H](NC(=O)N(C)C)C(=O)N[C@H]1CC(=O)NCCCC[C@@H](C(N)=O)NC(=O)[C@H](Cc2c[nH]c3ccccc23)NC(=O)[C@H](CCCN=C(N)N)NC(=O)[C@@H](Cc2ccc(CN3CCOCC3)cc2)NC(=O)[C@@H]2Cc3ccccc3CN2C1=O. The molecule has 25 heteroatoms. The van der Waals surface area contributed by atoms with Gasteiger partial charge in [0.15, 0.2) is 5.96 Å². The summed E-state index contributed by atoms with van der Waals surface area (Å²) in [5, 5.41) is 20.5. The molecule has 458 valence electrons. The fourth-order valence-electron chi connectivity index (χ4n) is 10.7. The highest BCUT2D eigenvalue weighted by Gasteiger charge is 2.41. The molecular weight excluding hydrogens is 1090 g/mol. The number of ether oxygens (including phenoxy) is 1. The van der Waals surface area contributed by atoms with E-state index in [0.717, 1.165) is 35.1 Å². The Balaban J connectivity index is 1.28. The van der Waals surface area contributed by atoms with Crippen LogP contribution in [-0.4, -0.2) is 175 Å². The Morgan fingerprint density at radius 3 is 2.14 bits per heavy atom. The highest BCUT2D eigenvalue weighted by atomic mass is 16.5. The number of nitrogens with one attached hydrogen (secondary N) is 8. The number of benzene rings is 3. The van der Waals surface area contributed by atoms with E-state index in [1.807, 2.05) is 67.6 Å². The van der Waals surface area contributed by atoms with Crippen LogP contribution in [0.15, 0.2) is 84.0 Å². The van der Waals surface area contributed by atoms with E-state index in [2.05, 4.69) is 52.1 Å². The lowest BCUT2D eigenvalue weighted by molar-refractivity contribution is -0.146. The standard InChI is InChI=1S/C60H83N15O10/c1-4-5-16-46(72-60(84)73(2)3)54(79)71-49-33-51(76)64-24-11-10-18-44(52(61)77)67-56(81)48(31-41-34-66-43-17-9-8-15-42(41)43)69-53(78)45(19-12-25-65-59(62)63)68-55(80)47(30-37-20-22-38(23-21-37)35-74-26-28-85-29-27-74)70-57(82)50-32-39-13-6-7-14-40(39)36-75(50)58(49)83/h6-9,13-15,17,20-23,34,44-50,66H,4-5,10-12,16,18-19,24-33,35-36H2,1-3H3,(H2,61,77)(H,64,76)(H,67,81)(H,68,80)(H,69,78)(H,70,82)(H,71,79)(H,72,84)(H4,62,63,65)/t44-,45-,46-,47+,48-,49-,50-/m0/s1. The number of H-pyrrole nitrogens is 1. The number of para-hydroxylation sites is 1. The summed E-state index contributed by atoms with van der Waals surface area (Å²) in [7, 11) is 3.04. The molecular formula is C60H83N15O10. The van der Waals surface area contributed by atoms with Crippen molar-refractivity contribution in [3.63, 3.8) is 0 Å². The van der Waals surface area contributed by atoms with Gasteiger partial charge in [-0.2, -0.15) is 0 Å². The molecule has 3 aliphatic heterocycles. The van der Waals surface area contributed by atoms with Crippen molar-refractivity contribution < 1.29 is 47.9 Å². The molecule has 25 nitrogen and oxygen atoms in total. The average Bonchev–Trinajstić information content (AvgIpc) is 2.60. The third-order valence-electron chi connectivity index (χ3n) is 15.5. The first-order valence-corrected chi connectivity index (χ1v) is 29.3. The van der Waals surface area contributed by atoms with E-state index in [4.69, 9.17) is 21.9 Å². The van der Waals surface area contributed by atoms with E-state index in [1.54, 1.807) is 18.3 Å². The second kappa shape index (κ2) is 31.4. The first kappa shape index (κ1) is 64.0. The number of nitrogens with two attached hydrogens (primary N) is 3. The number of nitrogens with zero attached hydrogens (tertiary/aromatic N) is 4. The van der Waals surface area contributed by atoms with Crippen LogP contribution >= 0.6 is 0 Å². The molecule has 2 saturated heterocycles. The highest BCUT2D eigenvalue weighted by Crippen LogP contribution is 2.26. The van der Waals surface area contributed by atoms with Crippen LogP contribution in [0, 0.1) is 0 Å². The summed E-state index contributed by atoms with van der Waals surface area (Å²) >= 11 is 0. The predicted molar refractivity (Wildman–Crippen MR) is 318 cm³/mol. The number of unbranched alkanes of at least 4 members (excludes halogenated alkanes) is 1. The summed E-state index contributed by atoms with van der Waals surface area (Å²) in [4.78, 5) is 142. The number of aromatic nitrogens is 1. The maximum absolute atomic E-state index is 15.4. The second-order valence-electron chi connectivity index (χ2n) is 22.2. The van der Waals surface area contributed by atoms with Gasteiger partial charge in [0.2, 0.25) is 47.3 Å². The molecule has 0 saturated carbocycles. The Morgan fingerprint density at radius 1 is 0.765 bits per heavy atom. The van der Waals surface area contributed by atoms with Crippen molar-refractivity contribution >= 4 is 70.2 Å². The molecule has 14 N–H and O–H groups in total. The van der Waals surface area contributed by atoms with Crippen LogP contribution in [0.4, 0.5) is 4.79 Å². The average molecular weight is 1170 g/mol. The first-order valence-electron chi connectivity index (χ1n) is 29.3. The number of rotatable bonds is 17. The zero-order valence-corrected chi connectivity index (χ0v) is 48.8. The molecule has 85 heavy (non-hydrogen) atoms. The number of amides is 10. The quantitative estimate of drug-likeness (QED) is 0.0384. The van der Waals surface area contributed by atoms with Crippen molar-refractivity contribution in [2.75, 3.05) is 53.5 Å². The summed E-state index contributed by atoms with van der Waals surface area (Å²) in [5.74, 6) is -6.21. The zero-order valence-electron chi connectivity index (χ0n) is 48.8. The maximum Gasteiger partial charge on any atom is 0.317 e. The van der Waals surface area contributed by atoms with Crippen LogP contribution in [0.25, 0.3) is 10.9 Å². The van der Waals surface area contributed by atoms with Gasteiger partial charge in [0, 0.05) is 89.7 Å². The highest BCUT2D eigenvalue weighted by molar-refractivity contribution is 5.99. The van der Waals surface area contributed by atoms with Gasteiger partial charge in [-0.1, -0.05) is 86.5 Å². The summed E-state index contributed by atoms with van der Waals surface area (Å²) in [6.07, 6.45) is 3.14. The smallest absolute Gasteiger partial charge is 0.317 e. The molecule has 0 spiro atoms. The number of guanidine groups is 1. The van der Waals surface area contributed by atoms with E-state index in [-0.39, 0.29) is 83.4 Å². The fourth-order valence-corrected chi connectivity index (χ4v) is 10.7. The Hall–Kier alpha value is -8.58. The normalized spacial score (nSPS) is 22.0. The Morgan fingerprint density at radius 2 is 1.42 bits per heavy atom. The lowest BCUT2D eigenvalue weighted by Gasteiger charge is -2.38. The zero-order chi connectivity index (χ0) is 61.0. The molecule has 0 unspecified atom stereocenters. The van der Waals surface area contributed by atoms with Gasteiger partial charge in [0.25, 0.3) is 0 Å². The second-order valence-corrected chi connectivity index (χ2v) is 22.2. The topological polar surface area (TPSA) is 363 Å². The summed E-state index contributed by atoms with van der Waals surface area (Å²) in [6.45, 7) is 5.34. The monoisotopic (exact) mass is 1170 g/mol. The molecule has 2 fully saturated rings. The van der Waals surface area contributed by atoms with Gasteiger partial charge in [-0.3, -0.25) is 48.2 Å². The van der Waals surface area contributed by atoms with Crippen molar-refractivity contribution in [2.24, 2.45) is 22.2 Å². The van der Waals surface area contributed by atoms with E-state index >= 15 is 14.4 Å². The molecule has 7 atom stereocenters. The number of carbonyl (C=O) groups excluding carboxylic acids is 9. The molecule has 0 radical (unpaired) electrons. The molecule has 1 aromatic heterocycles. The maximum atomic E-state index is 15.4. The molecule has 4 aromatic rings. The number of morpholine rings is 1. The number of carbonyl (C=O) groups is 9. The lowest BCUT2D eigenvalue weighted by Crippen LogP contribution is -2.62. The van der Waals surface area contributed by atoms with E-state index in [0.29, 0.717) is 49.3 Å². The number of fused-ring (bicyclic) bond motifs is 3. The molecule has 4 heterocycles. The van der Waals surface area contributed by atoms with Crippen LogP contribution in [0.1, 0.15) is 92.5 Å². The third kappa shape index (κ3) is 18.7. The molecule has 7 rings (SSSR count). The molecule has 0 aliphatic carbocycles. The van der Waals surface area contributed by atoms with Crippen molar-refractivity contribution in [1.29, 1.82) is 0 Å². The van der Waals surface area contributed by atoms with E-state index in [9.17, 15) is 28.8 Å². The third-order valence-corrected chi connectivity index (χ3v) is 15.5. The van der Waals surface area contributed by atoms with Gasteiger partial charge in [0.1, 0.15) is 42.3 Å². The number of aliphatic imine (C=N–C) groups is 1. The van der Waals surface area contributed by atoms with E-state index in [1.165, 1.54) is 23.9 Å². The van der Waals surface area contributed by atoms with Gasteiger partial charge in [-0.05, 0) is 72.4 Å². The van der Waals surface area contributed by atoms with Crippen LogP contribution < -0.4 is 54.4 Å². The van der Waals surface area contributed by atoms with Crippen LogP contribution in [0.3, 0.4) is 0 Å². The number of primary amides is 1. The summed E-state index contributed by atoms with van der Waals surface area (Å²) in [6, 6.07) is 12.4. The van der Waals surface area contributed by atoms with Crippen LogP contribution in [-0.2, 0) is 75.4 Å². The number of urea groups is 1. The van der Waals surface area contributed by atoms with Crippen molar-refractivity contribution in [3.8, 4) is 0 Å². The van der Waals surface area contributed by atoms with Gasteiger partial charge < -0.3 is 73.9 Å². The van der Waals surface area contributed by atoms with Crippen molar-refractivity contribution in [1.82, 2.24) is 56.9 Å². The van der Waals surface area contributed by atoms with Crippen LogP contribution in [0.2, 0.25) is 0 Å². The number of hydrogen-bond donors (Lipinski definition) is 11. The van der Waals surface area contributed by atoms with Gasteiger partial charge >= 0.3 is 6.03 Å². The first-order chi connectivity index (χ1) is 40.9. The van der Waals surface area contributed by atoms with E-state index < -0.39 is 102 Å². The van der Waals surface area contributed by atoms with Crippen molar-refractivity contribution in [2.45, 2.75) is 139 Å². The predicted octanol–water partition coefficient (Wildman–Crippen LogP) is 0.222. The molecule has 3 aliphatic rings. The summed E-state index contributed by atoms with van der Waals surface area (Å²) < 4.78 is 5.54. The Bertz CT molecular complexity index is 3010. The molecule has 3 aromatic carbocycles. The minimum Gasteiger partial charge on any atom is -0.379 e. The Kier molecular flexibility index (Phi) is 23.6. The van der Waals surface area contributed by atoms with Crippen molar-refractivity contribution in [3.05, 3.63) is 107 Å². The van der Waals surface area contributed by atoms with Gasteiger partial charge in [-0.15, -0.1) is 0 Å². The molecule has 0 bridgehead atoms. The van der Waals surface area contributed by atoms with Crippen LogP contribution in [0.5, 0.6) is 0 Å². The summed E-state index contributed by atoms with van der Waals surface area (Å²) in [5.41, 5.74) is 21.8. The molecule has 10 amide bonds. The minimum atomic E-state index is -1.56. The largest absolute Gasteiger partial charge is 0.379 e. The number of hydrogen-bond acceptors (Lipinski definition) is 12. The minimum absolute atomic E-state index is 0.0226. The van der Waals surface area contributed by atoms with Gasteiger partial charge in [-0.25, -0.2) is 4.79 Å².